The molecule has 0 aliphatic heterocycles. The summed E-state index contributed by atoms with van der Waals surface area (Å²) < 4.78 is 20.6. The van der Waals surface area contributed by atoms with Crippen molar-refractivity contribution < 1.29 is 18.8 Å². The Hall–Kier alpha value is -5.31. The number of nitrogens with zero attached hydrogens (tertiary/aromatic N) is 3. The fourth-order valence-electron chi connectivity index (χ4n) is 4.04. The van der Waals surface area contributed by atoms with Crippen LogP contribution in [-0.2, 0) is 0 Å². The average Bonchev–Trinajstić information content (AvgIpc) is 3.28. The molecule has 5 rings (SSSR count). The highest BCUT2D eigenvalue weighted by Crippen LogP contribution is 2.32. The topological polar surface area (TPSA) is 99.3 Å². The summed E-state index contributed by atoms with van der Waals surface area (Å²) in [5.41, 5.74) is 2.81. The molecule has 1 N–H and O–H groups in total. The number of nitrogens with one attached hydrogen (secondary N) is 1. The smallest absolute Gasteiger partial charge is 0.275 e. The van der Waals surface area contributed by atoms with Gasteiger partial charge in [0.25, 0.3) is 11.6 Å². The molecular formula is C29H21FN4O4. The number of anilines is 1. The van der Waals surface area contributed by atoms with Gasteiger partial charge in [-0.3, -0.25) is 14.9 Å². The number of para-hydroxylation sites is 1. The third kappa shape index (κ3) is 5.12. The van der Waals surface area contributed by atoms with Crippen molar-refractivity contribution >= 4 is 17.3 Å². The van der Waals surface area contributed by atoms with E-state index in [0.29, 0.717) is 17.0 Å². The van der Waals surface area contributed by atoms with Crippen LogP contribution in [0.2, 0.25) is 0 Å². The average molecular weight is 509 g/mol. The van der Waals surface area contributed by atoms with Crippen molar-refractivity contribution in [3.05, 3.63) is 130 Å². The molecule has 1 heterocycles. The molecule has 0 aliphatic carbocycles. The summed E-state index contributed by atoms with van der Waals surface area (Å²) in [5.74, 6) is -0.529. The number of aromatic nitrogens is 2. The van der Waals surface area contributed by atoms with Gasteiger partial charge in [0.2, 0.25) is 0 Å². The second kappa shape index (κ2) is 10.4. The summed E-state index contributed by atoms with van der Waals surface area (Å²) >= 11 is 0. The predicted molar refractivity (Wildman–Crippen MR) is 141 cm³/mol. The molecule has 0 radical (unpaired) electrons. The molecule has 0 saturated carbocycles. The lowest BCUT2D eigenvalue weighted by atomic mass is 10.1. The van der Waals surface area contributed by atoms with E-state index in [1.807, 2.05) is 60.7 Å². The number of rotatable bonds is 7. The number of nitro benzene ring substituents is 1. The van der Waals surface area contributed by atoms with Crippen LogP contribution in [0.4, 0.5) is 15.8 Å². The number of ether oxygens (including phenoxy) is 1. The first-order chi connectivity index (χ1) is 18.4. The van der Waals surface area contributed by atoms with Crippen LogP contribution in [-0.4, -0.2) is 20.6 Å². The molecule has 38 heavy (non-hydrogen) atoms. The second-order valence-corrected chi connectivity index (χ2v) is 8.41. The number of carbonyl (C=O) groups excluding carboxylic acids is 1. The Balaban J connectivity index is 1.54. The third-order valence-corrected chi connectivity index (χ3v) is 5.80. The van der Waals surface area contributed by atoms with Crippen LogP contribution in [0.3, 0.4) is 0 Å². The van der Waals surface area contributed by atoms with Gasteiger partial charge in [-0.25, -0.2) is 9.07 Å². The van der Waals surface area contributed by atoms with Crippen molar-refractivity contribution in [1.82, 2.24) is 9.78 Å². The Morgan fingerprint density at radius 2 is 1.58 bits per heavy atom. The van der Waals surface area contributed by atoms with Crippen LogP contribution in [0.1, 0.15) is 16.1 Å². The largest absolute Gasteiger partial charge is 0.457 e. The van der Waals surface area contributed by atoms with Crippen molar-refractivity contribution in [3.63, 3.8) is 0 Å². The molecule has 1 amide bonds. The van der Waals surface area contributed by atoms with Crippen LogP contribution in [0, 0.1) is 22.9 Å². The van der Waals surface area contributed by atoms with Crippen molar-refractivity contribution in [2.24, 2.45) is 0 Å². The number of carbonyl (C=O) groups is 1. The second-order valence-electron chi connectivity index (χ2n) is 8.41. The van der Waals surface area contributed by atoms with Crippen LogP contribution in [0.5, 0.6) is 11.5 Å². The van der Waals surface area contributed by atoms with Crippen molar-refractivity contribution in [1.29, 1.82) is 0 Å². The van der Waals surface area contributed by atoms with E-state index in [1.54, 1.807) is 11.6 Å². The fraction of sp³-hybridized carbons (Fsp3) is 0.0345. The molecule has 0 saturated heterocycles. The minimum absolute atomic E-state index is 0.112. The minimum atomic E-state index is -0.582. The summed E-state index contributed by atoms with van der Waals surface area (Å²) in [5, 5.41) is 19.1. The molecular weight excluding hydrogens is 487 g/mol. The molecule has 188 valence electrons. The van der Waals surface area contributed by atoms with Gasteiger partial charge in [0.15, 0.2) is 0 Å². The summed E-state index contributed by atoms with van der Waals surface area (Å²) in [6, 6.07) is 27.9. The number of hydrogen-bond donors (Lipinski definition) is 1. The number of hydrogen-bond acceptors (Lipinski definition) is 5. The first-order valence-electron chi connectivity index (χ1n) is 11.6. The van der Waals surface area contributed by atoms with E-state index in [1.165, 1.54) is 42.5 Å². The molecule has 0 atom stereocenters. The number of non-ortho nitro benzene ring substituents is 1. The van der Waals surface area contributed by atoms with Gasteiger partial charge in [0.1, 0.15) is 23.0 Å². The maximum Gasteiger partial charge on any atom is 0.275 e. The Morgan fingerprint density at radius 1 is 0.921 bits per heavy atom. The molecule has 8 nitrogen and oxygen atoms in total. The van der Waals surface area contributed by atoms with Crippen LogP contribution in [0.25, 0.3) is 16.9 Å². The summed E-state index contributed by atoms with van der Waals surface area (Å²) in [7, 11) is 0. The molecule has 0 bridgehead atoms. The van der Waals surface area contributed by atoms with Gasteiger partial charge in [-0.15, -0.1) is 0 Å². The summed E-state index contributed by atoms with van der Waals surface area (Å²) in [6.07, 6.45) is 0. The number of amides is 1. The Labute approximate surface area is 217 Å². The molecule has 0 aliphatic rings. The first-order valence-corrected chi connectivity index (χ1v) is 11.6. The van der Waals surface area contributed by atoms with Gasteiger partial charge in [-0.05, 0) is 43.3 Å². The van der Waals surface area contributed by atoms with Gasteiger partial charge in [0.05, 0.1) is 33.6 Å². The first kappa shape index (κ1) is 24.4. The SMILES string of the molecule is Cc1c(C(=O)Nc2cc(Oc3ccc(F)cc3)cc([N+](=O)[O-])c2)c(-c2ccccc2)nn1-c1ccccc1. The molecule has 5 aromatic rings. The van der Waals surface area contributed by atoms with E-state index in [9.17, 15) is 19.3 Å². The van der Waals surface area contributed by atoms with Crippen LogP contribution < -0.4 is 10.1 Å². The van der Waals surface area contributed by atoms with Gasteiger partial charge >= 0.3 is 0 Å². The number of nitro groups is 1. The van der Waals surface area contributed by atoms with Gasteiger partial charge < -0.3 is 10.1 Å². The van der Waals surface area contributed by atoms with E-state index < -0.39 is 16.6 Å². The van der Waals surface area contributed by atoms with E-state index >= 15 is 0 Å². The van der Waals surface area contributed by atoms with Crippen molar-refractivity contribution in [2.45, 2.75) is 6.92 Å². The molecule has 4 aromatic carbocycles. The zero-order chi connectivity index (χ0) is 26.6. The predicted octanol–water partition coefficient (Wildman–Crippen LogP) is 6.94. The Morgan fingerprint density at radius 3 is 2.24 bits per heavy atom. The third-order valence-electron chi connectivity index (χ3n) is 5.80. The highest BCUT2D eigenvalue weighted by atomic mass is 19.1. The fourth-order valence-corrected chi connectivity index (χ4v) is 4.04. The number of halogens is 1. The lowest BCUT2D eigenvalue weighted by molar-refractivity contribution is -0.384. The maximum absolute atomic E-state index is 13.6. The normalized spacial score (nSPS) is 10.7. The molecule has 1 aromatic heterocycles. The summed E-state index contributed by atoms with van der Waals surface area (Å²) in [6.45, 7) is 1.79. The Bertz CT molecular complexity index is 1620. The molecule has 9 heteroatoms. The van der Waals surface area contributed by atoms with Gasteiger partial charge in [0, 0.05) is 17.7 Å². The monoisotopic (exact) mass is 508 g/mol. The lowest BCUT2D eigenvalue weighted by Crippen LogP contribution is -2.14. The zero-order valence-corrected chi connectivity index (χ0v) is 20.2. The van der Waals surface area contributed by atoms with Crippen molar-refractivity contribution in [3.8, 4) is 28.4 Å². The minimum Gasteiger partial charge on any atom is -0.457 e. The van der Waals surface area contributed by atoms with Gasteiger partial charge in [-0.1, -0.05) is 48.5 Å². The molecule has 0 spiro atoms. The van der Waals surface area contributed by atoms with E-state index in [4.69, 9.17) is 9.84 Å². The van der Waals surface area contributed by atoms with Crippen molar-refractivity contribution in [2.75, 3.05) is 5.32 Å². The van der Waals surface area contributed by atoms with E-state index in [-0.39, 0.29) is 22.9 Å². The molecule has 0 fully saturated rings. The highest BCUT2D eigenvalue weighted by molar-refractivity contribution is 6.09. The number of benzene rings is 4. The van der Waals surface area contributed by atoms with Crippen LogP contribution >= 0.6 is 0 Å². The maximum atomic E-state index is 13.6. The standard InChI is InChI=1S/C29H21FN4O4/c1-19-27(28(20-8-4-2-5-9-20)32-33(19)23-10-6-3-7-11-23)29(35)31-22-16-24(34(36)37)18-26(17-22)38-25-14-12-21(30)13-15-25/h2-18H,1H3,(H,31,35). The highest BCUT2D eigenvalue weighted by Gasteiger charge is 2.24. The Kier molecular flexibility index (Phi) is 6.65. The van der Waals surface area contributed by atoms with E-state index in [0.717, 1.165) is 11.3 Å². The zero-order valence-electron chi connectivity index (χ0n) is 20.2. The lowest BCUT2D eigenvalue weighted by Gasteiger charge is -2.10. The van der Waals surface area contributed by atoms with E-state index in [2.05, 4.69) is 5.32 Å². The summed E-state index contributed by atoms with van der Waals surface area (Å²) in [4.78, 5) is 24.6. The van der Waals surface area contributed by atoms with Gasteiger partial charge in [-0.2, -0.15) is 5.10 Å². The quantitative estimate of drug-likeness (QED) is 0.190. The van der Waals surface area contributed by atoms with Crippen LogP contribution in [0.15, 0.2) is 103 Å². The molecule has 0 unspecified atom stereocenters.